The van der Waals surface area contributed by atoms with E-state index in [1.54, 1.807) is 36.0 Å². The normalized spacial score (nSPS) is 13.2. The van der Waals surface area contributed by atoms with Crippen molar-refractivity contribution in [1.29, 1.82) is 0 Å². The van der Waals surface area contributed by atoms with Gasteiger partial charge in [-0.25, -0.2) is 4.79 Å². The second kappa shape index (κ2) is 11.2. The molecule has 1 radical (unpaired) electrons. The molecule has 0 saturated carbocycles. The summed E-state index contributed by atoms with van der Waals surface area (Å²) in [5, 5.41) is 9.29. The number of benzene rings is 2. The Kier molecular flexibility index (Phi) is 9.28. The summed E-state index contributed by atoms with van der Waals surface area (Å²) in [6.45, 7) is 12.9. The van der Waals surface area contributed by atoms with Crippen LogP contribution in [0.3, 0.4) is 0 Å². The number of hydrogen-bond donors (Lipinski definition) is 1. The average molecular weight is 467 g/mol. The van der Waals surface area contributed by atoms with E-state index in [-0.39, 0.29) is 6.61 Å². The van der Waals surface area contributed by atoms with E-state index in [4.69, 9.17) is 28.2 Å². The van der Waals surface area contributed by atoms with E-state index in [2.05, 4.69) is 0 Å². The van der Waals surface area contributed by atoms with Gasteiger partial charge in [0.2, 0.25) is 0 Å². The van der Waals surface area contributed by atoms with Crippen molar-refractivity contribution in [1.82, 2.24) is 4.31 Å². The fourth-order valence-electron chi connectivity index (χ4n) is 2.95. The van der Waals surface area contributed by atoms with Gasteiger partial charge in [0.15, 0.2) is 0 Å². The molecule has 1 atom stereocenters. The quantitative estimate of drug-likeness (QED) is 0.388. The maximum atomic E-state index is 13.5. The Balaban J connectivity index is 2.07. The number of aliphatic carboxylic acids is 1. The van der Waals surface area contributed by atoms with Gasteiger partial charge in [-0.2, -0.15) is 0 Å². The number of aryl methyl sites for hydroxylation is 1. The Morgan fingerprint density at radius 1 is 1.27 bits per heavy atom. The van der Waals surface area contributed by atoms with E-state index in [0.29, 0.717) is 34.5 Å². The molecule has 0 amide bonds. The summed E-state index contributed by atoms with van der Waals surface area (Å²) < 4.78 is 20.6. The van der Waals surface area contributed by atoms with Crippen molar-refractivity contribution in [2.75, 3.05) is 25.4 Å². The van der Waals surface area contributed by atoms with Crippen LogP contribution >= 0.6 is 23.4 Å². The molecule has 5 nitrogen and oxygen atoms in total. The van der Waals surface area contributed by atoms with Crippen LogP contribution in [-0.4, -0.2) is 51.8 Å². The molecular weight excluding hydrogens is 441 g/mol. The van der Waals surface area contributed by atoms with Crippen molar-refractivity contribution in [3.8, 4) is 5.75 Å². The zero-order chi connectivity index (χ0) is 22.3. The van der Waals surface area contributed by atoms with Gasteiger partial charge >= 0.3 is 180 Å². The number of halogens is 1. The Morgan fingerprint density at radius 3 is 2.63 bits per heavy atom. The summed E-state index contributed by atoms with van der Waals surface area (Å²) in [5.74, 6) is 0.239. The Hall–Kier alpha value is -1.48. The molecule has 0 aliphatic rings. The van der Waals surface area contributed by atoms with Crippen LogP contribution in [-0.2, 0) is 14.3 Å². The van der Waals surface area contributed by atoms with Crippen molar-refractivity contribution in [2.45, 2.75) is 37.0 Å². The standard InChI is InChI=1S/C21H26BClNO4S2/c1-4-10-24(30(22,27)20-7-5-6-18(23)16(20)3)11-12-29-17-8-9-19(15(2)13-17)28-14-21(25)26/h5-9,13H,4,10-12,14H2,1-3H3,(H,25,26). The van der Waals surface area contributed by atoms with Gasteiger partial charge in [-0.1, -0.05) is 0 Å². The number of rotatable bonds is 11. The molecule has 0 saturated heterocycles. The Labute approximate surface area is 189 Å². The van der Waals surface area contributed by atoms with Crippen molar-refractivity contribution >= 4 is 45.6 Å². The van der Waals surface area contributed by atoms with E-state index < -0.39 is 15.5 Å². The molecule has 0 aromatic heterocycles. The van der Waals surface area contributed by atoms with Crippen LogP contribution < -0.4 is 4.74 Å². The average Bonchev–Trinajstić information content (AvgIpc) is 2.68. The molecule has 161 valence electrons. The molecule has 0 fully saturated rings. The van der Waals surface area contributed by atoms with Gasteiger partial charge < -0.3 is 5.11 Å². The van der Waals surface area contributed by atoms with E-state index >= 15 is 0 Å². The van der Waals surface area contributed by atoms with Gasteiger partial charge in [0.25, 0.3) is 0 Å². The molecule has 0 heterocycles. The minimum atomic E-state index is -2.89. The molecule has 0 bridgehead atoms. The molecule has 9 heteroatoms. The van der Waals surface area contributed by atoms with Crippen molar-refractivity contribution in [2.24, 2.45) is 0 Å². The number of carbonyl (C=O) groups is 1. The monoisotopic (exact) mass is 466 g/mol. The first-order valence-electron chi connectivity index (χ1n) is 9.57. The SMILES string of the molecule is [B]=S(=O)(c1cccc(Cl)c1C)N(CCC)CCSc1ccc(OCC(=O)O)c(C)c1. The topological polar surface area (TPSA) is 66.8 Å². The van der Waals surface area contributed by atoms with Gasteiger partial charge in [0, 0.05) is 0 Å². The zero-order valence-corrected chi connectivity index (χ0v) is 19.8. The molecule has 0 spiro atoms. The summed E-state index contributed by atoms with van der Waals surface area (Å²) >= 11 is 7.83. The third-order valence-electron chi connectivity index (χ3n) is 4.50. The Morgan fingerprint density at radius 2 is 2.00 bits per heavy atom. The first-order chi connectivity index (χ1) is 14.2. The van der Waals surface area contributed by atoms with Gasteiger partial charge in [0.05, 0.1) is 0 Å². The first-order valence-corrected chi connectivity index (χ1v) is 12.5. The minimum absolute atomic E-state index is 0.368. The third-order valence-corrected chi connectivity index (χ3v) is 8.08. The van der Waals surface area contributed by atoms with Gasteiger partial charge in [-0.05, 0) is 0 Å². The fraction of sp³-hybridized carbons (Fsp3) is 0.381. The zero-order valence-electron chi connectivity index (χ0n) is 17.4. The number of hydrogen-bond acceptors (Lipinski definition) is 4. The molecule has 1 N–H and O–H groups in total. The predicted molar refractivity (Wildman–Crippen MR) is 125 cm³/mol. The van der Waals surface area contributed by atoms with Gasteiger partial charge in [-0.15, -0.1) is 0 Å². The molecular formula is C21H26BClNO4S2. The first kappa shape index (κ1) is 24.8. The number of carboxylic acid groups (broad SMARTS) is 1. The maximum absolute atomic E-state index is 13.5. The summed E-state index contributed by atoms with van der Waals surface area (Å²) in [4.78, 5) is 12.3. The van der Waals surface area contributed by atoms with Crippen molar-refractivity contribution in [3.63, 3.8) is 0 Å². The molecule has 2 aromatic carbocycles. The van der Waals surface area contributed by atoms with Gasteiger partial charge in [0.1, 0.15) is 0 Å². The van der Waals surface area contributed by atoms with Crippen LogP contribution in [0.15, 0.2) is 46.2 Å². The van der Waals surface area contributed by atoms with Crippen LogP contribution in [0.1, 0.15) is 24.5 Å². The number of nitrogens with zero attached hydrogens (tertiary/aromatic N) is 1. The summed E-state index contributed by atoms with van der Waals surface area (Å²) in [7, 11) is -2.89. The summed E-state index contributed by atoms with van der Waals surface area (Å²) in [6, 6.07) is 10.9. The number of carboxylic acids is 1. The molecule has 1 unspecified atom stereocenters. The van der Waals surface area contributed by atoms with Crippen LogP contribution in [0.25, 0.3) is 0 Å². The molecule has 2 aromatic rings. The molecule has 0 aliphatic heterocycles. The van der Waals surface area contributed by atoms with Crippen LogP contribution in [0, 0.1) is 13.8 Å². The molecule has 30 heavy (non-hydrogen) atoms. The molecule has 0 aliphatic carbocycles. The van der Waals surface area contributed by atoms with Crippen molar-refractivity contribution < 1.29 is 18.8 Å². The van der Waals surface area contributed by atoms with E-state index in [1.165, 1.54) is 0 Å². The predicted octanol–water partition coefficient (Wildman–Crippen LogP) is 4.57. The third kappa shape index (κ3) is 6.51. The van der Waals surface area contributed by atoms with E-state index in [1.807, 2.05) is 37.2 Å². The molecule has 2 rings (SSSR count). The summed E-state index contributed by atoms with van der Waals surface area (Å²) in [6.07, 6.45) is 0.827. The van der Waals surface area contributed by atoms with E-state index in [0.717, 1.165) is 22.4 Å². The van der Waals surface area contributed by atoms with Crippen LogP contribution in [0.4, 0.5) is 0 Å². The second-order valence-electron chi connectivity index (χ2n) is 6.82. The second-order valence-corrected chi connectivity index (χ2v) is 10.5. The van der Waals surface area contributed by atoms with Crippen LogP contribution in [0.5, 0.6) is 5.75 Å². The summed E-state index contributed by atoms with van der Waals surface area (Å²) in [5.41, 5.74) is 1.61. The number of ether oxygens (including phenoxy) is 1. The van der Waals surface area contributed by atoms with Crippen LogP contribution in [0.2, 0.25) is 5.02 Å². The van der Waals surface area contributed by atoms with E-state index in [9.17, 15) is 9.00 Å². The van der Waals surface area contributed by atoms with Gasteiger partial charge in [-0.3, -0.25) is 0 Å². The fourth-order valence-corrected chi connectivity index (χ4v) is 6.19. The number of thioether (sulfide) groups is 1. The van der Waals surface area contributed by atoms with Crippen molar-refractivity contribution in [3.05, 3.63) is 52.5 Å². The Bertz CT molecular complexity index is 998.